The summed E-state index contributed by atoms with van der Waals surface area (Å²) in [6, 6.07) is 5.42. The van der Waals surface area contributed by atoms with Gasteiger partial charge < -0.3 is 21.1 Å². The van der Waals surface area contributed by atoms with E-state index in [0.717, 1.165) is 12.8 Å². The minimum Gasteiger partial charge on any atom is -0.493 e. The lowest BCUT2D eigenvalue weighted by molar-refractivity contribution is -0.121. The third-order valence-electron chi connectivity index (χ3n) is 3.17. The van der Waals surface area contributed by atoms with Gasteiger partial charge in [-0.1, -0.05) is 6.07 Å². The number of hydrogen-bond acceptors (Lipinski definition) is 4. The maximum Gasteiger partial charge on any atom is 0.257 e. The summed E-state index contributed by atoms with van der Waals surface area (Å²) in [5.74, 6) is 0.0945. The molecule has 6 nitrogen and oxygen atoms in total. The lowest BCUT2D eigenvalue weighted by Gasteiger charge is -2.12. The molecule has 1 fully saturated rings. The zero-order valence-corrected chi connectivity index (χ0v) is 12.1. The first-order valence-electron chi connectivity index (χ1n) is 7.20. The van der Waals surface area contributed by atoms with Crippen LogP contribution in [0.4, 0.5) is 5.69 Å². The maximum atomic E-state index is 12.2. The number of ether oxygens (including phenoxy) is 1. The molecular weight excluding hydrogens is 270 g/mol. The molecule has 1 aromatic rings. The molecule has 0 aromatic heterocycles. The molecule has 2 amide bonds. The van der Waals surface area contributed by atoms with Crippen LogP contribution in [0, 0.1) is 0 Å². The lowest BCUT2D eigenvalue weighted by Crippen LogP contribution is -2.32. The van der Waals surface area contributed by atoms with Crippen molar-refractivity contribution in [3.05, 3.63) is 23.8 Å². The van der Waals surface area contributed by atoms with Crippen molar-refractivity contribution in [3.63, 3.8) is 0 Å². The van der Waals surface area contributed by atoms with E-state index in [1.54, 1.807) is 18.2 Å². The molecule has 0 heterocycles. The average Bonchev–Trinajstić information content (AvgIpc) is 3.23. The van der Waals surface area contributed by atoms with Crippen molar-refractivity contribution < 1.29 is 14.3 Å². The van der Waals surface area contributed by atoms with Crippen LogP contribution in [0.2, 0.25) is 0 Å². The Labute approximate surface area is 124 Å². The van der Waals surface area contributed by atoms with Crippen molar-refractivity contribution in [2.24, 2.45) is 0 Å². The van der Waals surface area contributed by atoms with Crippen LogP contribution < -0.4 is 21.1 Å². The molecule has 4 N–H and O–H groups in total. The second-order valence-electron chi connectivity index (χ2n) is 5.00. The van der Waals surface area contributed by atoms with Crippen LogP contribution in [0.25, 0.3) is 0 Å². The van der Waals surface area contributed by atoms with Gasteiger partial charge in [0, 0.05) is 24.7 Å². The highest BCUT2D eigenvalue weighted by Crippen LogP contribution is 2.24. The zero-order chi connectivity index (χ0) is 15.2. The molecule has 1 aliphatic carbocycles. The first-order chi connectivity index (χ1) is 10.1. The molecule has 1 aliphatic rings. The van der Waals surface area contributed by atoms with Gasteiger partial charge in [0.1, 0.15) is 11.3 Å². The van der Waals surface area contributed by atoms with Gasteiger partial charge in [-0.2, -0.15) is 0 Å². The number of rotatable bonds is 7. The molecule has 1 saturated carbocycles. The Hall–Kier alpha value is -2.24. The number of nitrogens with two attached hydrogens (primary N) is 1. The highest BCUT2D eigenvalue weighted by Gasteiger charge is 2.23. The number of carbonyl (C=O) groups excluding carboxylic acids is 2. The molecule has 0 atom stereocenters. The number of benzene rings is 1. The van der Waals surface area contributed by atoms with E-state index in [9.17, 15) is 9.59 Å². The summed E-state index contributed by atoms with van der Waals surface area (Å²) in [7, 11) is 0. The largest absolute Gasteiger partial charge is 0.493 e. The Morgan fingerprint density at radius 1 is 1.38 bits per heavy atom. The molecule has 21 heavy (non-hydrogen) atoms. The Kier molecular flexibility index (Phi) is 5.03. The van der Waals surface area contributed by atoms with E-state index in [2.05, 4.69) is 10.6 Å². The standard InChI is InChI=1S/C15H21N3O3/c1-2-21-12-5-3-4-11(16)14(12)15(20)17-9-8-13(19)18-10-6-7-10/h3-5,10H,2,6-9,16H2,1H3,(H,17,20)(H,18,19). The predicted octanol–water partition coefficient (Wildman–Crippen LogP) is 1.07. The van der Waals surface area contributed by atoms with E-state index >= 15 is 0 Å². The molecule has 0 saturated heterocycles. The normalized spacial score (nSPS) is 13.6. The summed E-state index contributed by atoms with van der Waals surface area (Å²) in [6.07, 6.45) is 2.37. The molecule has 0 radical (unpaired) electrons. The molecule has 114 valence electrons. The number of nitrogen functional groups attached to an aromatic ring is 1. The SMILES string of the molecule is CCOc1cccc(N)c1C(=O)NCCC(=O)NC1CC1. The Morgan fingerprint density at radius 2 is 2.14 bits per heavy atom. The number of hydrogen-bond donors (Lipinski definition) is 3. The van der Waals surface area contributed by atoms with Crippen LogP contribution >= 0.6 is 0 Å². The summed E-state index contributed by atoms with van der Waals surface area (Å²) in [5, 5.41) is 5.57. The van der Waals surface area contributed by atoms with Crippen LogP contribution in [0.15, 0.2) is 18.2 Å². The molecule has 0 unspecified atom stereocenters. The minimum absolute atomic E-state index is 0.0381. The van der Waals surface area contributed by atoms with Gasteiger partial charge in [0.2, 0.25) is 5.91 Å². The predicted molar refractivity (Wildman–Crippen MR) is 80.1 cm³/mol. The van der Waals surface area contributed by atoms with E-state index in [4.69, 9.17) is 10.5 Å². The van der Waals surface area contributed by atoms with Crippen LogP contribution in [0.3, 0.4) is 0 Å². The smallest absolute Gasteiger partial charge is 0.257 e. The van der Waals surface area contributed by atoms with Crippen molar-refractivity contribution in [2.75, 3.05) is 18.9 Å². The van der Waals surface area contributed by atoms with Crippen molar-refractivity contribution in [1.29, 1.82) is 0 Å². The Morgan fingerprint density at radius 3 is 2.81 bits per heavy atom. The van der Waals surface area contributed by atoms with Crippen LogP contribution in [0.1, 0.15) is 36.5 Å². The fourth-order valence-electron chi connectivity index (χ4n) is 1.97. The summed E-state index contributed by atoms with van der Waals surface area (Å²) in [4.78, 5) is 23.7. The molecule has 2 rings (SSSR count). The number of nitrogens with one attached hydrogen (secondary N) is 2. The van der Waals surface area contributed by atoms with Crippen LogP contribution in [-0.4, -0.2) is 31.0 Å². The highest BCUT2D eigenvalue weighted by atomic mass is 16.5. The average molecular weight is 291 g/mol. The molecule has 0 spiro atoms. The molecule has 0 bridgehead atoms. The summed E-state index contributed by atoms with van der Waals surface area (Å²) in [6.45, 7) is 2.57. The van der Waals surface area contributed by atoms with E-state index in [0.29, 0.717) is 29.6 Å². The van der Waals surface area contributed by atoms with Crippen LogP contribution in [0.5, 0.6) is 5.75 Å². The summed E-state index contributed by atoms with van der Waals surface area (Å²) < 4.78 is 5.41. The third kappa shape index (κ3) is 4.37. The van der Waals surface area contributed by atoms with Gasteiger partial charge in [-0.25, -0.2) is 0 Å². The van der Waals surface area contributed by atoms with Crippen molar-refractivity contribution >= 4 is 17.5 Å². The Bertz CT molecular complexity index is 527. The molecule has 6 heteroatoms. The summed E-state index contributed by atoms with van der Waals surface area (Å²) >= 11 is 0. The van der Waals surface area contributed by atoms with Gasteiger partial charge in [-0.15, -0.1) is 0 Å². The molecule has 0 aliphatic heterocycles. The van der Waals surface area contributed by atoms with Gasteiger partial charge in [-0.3, -0.25) is 9.59 Å². The highest BCUT2D eigenvalue weighted by molar-refractivity contribution is 6.02. The van der Waals surface area contributed by atoms with Crippen molar-refractivity contribution in [1.82, 2.24) is 10.6 Å². The lowest BCUT2D eigenvalue weighted by atomic mass is 10.1. The second-order valence-corrected chi connectivity index (χ2v) is 5.00. The number of carbonyl (C=O) groups is 2. The maximum absolute atomic E-state index is 12.2. The molecular formula is C15H21N3O3. The first-order valence-corrected chi connectivity index (χ1v) is 7.20. The first kappa shape index (κ1) is 15.2. The number of amides is 2. The van der Waals surface area contributed by atoms with Crippen LogP contribution in [-0.2, 0) is 4.79 Å². The van der Waals surface area contributed by atoms with Gasteiger partial charge >= 0.3 is 0 Å². The minimum atomic E-state index is -0.323. The van der Waals surface area contributed by atoms with Gasteiger partial charge in [-0.05, 0) is 31.9 Å². The fraction of sp³-hybridized carbons (Fsp3) is 0.467. The third-order valence-corrected chi connectivity index (χ3v) is 3.17. The van der Waals surface area contributed by atoms with E-state index < -0.39 is 0 Å². The van der Waals surface area contributed by atoms with Gasteiger partial charge in [0.15, 0.2) is 0 Å². The van der Waals surface area contributed by atoms with E-state index in [1.165, 1.54) is 0 Å². The second kappa shape index (κ2) is 6.97. The summed E-state index contributed by atoms with van der Waals surface area (Å²) in [5.41, 5.74) is 6.52. The molecule has 1 aromatic carbocycles. The van der Waals surface area contributed by atoms with Crippen molar-refractivity contribution in [2.45, 2.75) is 32.2 Å². The topological polar surface area (TPSA) is 93.4 Å². The zero-order valence-electron chi connectivity index (χ0n) is 12.1. The monoisotopic (exact) mass is 291 g/mol. The quantitative estimate of drug-likeness (QED) is 0.655. The van der Waals surface area contributed by atoms with Gasteiger partial charge in [0.25, 0.3) is 5.91 Å². The van der Waals surface area contributed by atoms with Gasteiger partial charge in [0.05, 0.1) is 6.61 Å². The Balaban J connectivity index is 1.88. The van der Waals surface area contributed by atoms with E-state index in [1.807, 2.05) is 6.92 Å². The van der Waals surface area contributed by atoms with Crippen molar-refractivity contribution in [3.8, 4) is 5.75 Å². The number of anilines is 1. The van der Waals surface area contributed by atoms with E-state index in [-0.39, 0.29) is 24.8 Å². The fourth-order valence-corrected chi connectivity index (χ4v) is 1.97.